The van der Waals surface area contributed by atoms with Gasteiger partial charge in [0, 0.05) is 12.1 Å². The summed E-state index contributed by atoms with van der Waals surface area (Å²) in [7, 11) is 0. The summed E-state index contributed by atoms with van der Waals surface area (Å²) in [5.41, 5.74) is -0.457. The van der Waals surface area contributed by atoms with Crippen molar-refractivity contribution in [2.24, 2.45) is 5.84 Å². The normalized spacial score (nSPS) is 51.5. The van der Waals surface area contributed by atoms with Crippen LogP contribution in [0.15, 0.2) is 0 Å². The van der Waals surface area contributed by atoms with E-state index in [2.05, 4.69) is 0 Å². The van der Waals surface area contributed by atoms with Crippen molar-refractivity contribution in [3.05, 3.63) is 0 Å². The van der Waals surface area contributed by atoms with Crippen molar-refractivity contribution in [1.82, 2.24) is 5.01 Å². The third-order valence-electron chi connectivity index (χ3n) is 3.03. The van der Waals surface area contributed by atoms with Crippen LogP contribution in [-0.4, -0.2) is 27.8 Å². The van der Waals surface area contributed by atoms with Gasteiger partial charge in [-0.1, -0.05) is 0 Å². The Balaban J connectivity index is 2.14. The molecule has 64 valence electrons. The average Bonchev–Trinajstić information content (AvgIpc) is 2.19. The highest BCUT2D eigenvalue weighted by Crippen LogP contribution is 2.38. The third kappa shape index (κ3) is 1.17. The number of fused-ring (bicyclic) bond motifs is 2. The lowest BCUT2D eigenvalue weighted by atomic mass is 9.89. The number of rotatable bonds is 0. The van der Waals surface area contributed by atoms with Crippen LogP contribution in [0.2, 0.25) is 0 Å². The van der Waals surface area contributed by atoms with Crippen LogP contribution in [0.5, 0.6) is 0 Å². The molecular weight excluding hydrogens is 140 g/mol. The fourth-order valence-electron chi connectivity index (χ4n) is 2.49. The van der Waals surface area contributed by atoms with Gasteiger partial charge in [-0.05, 0) is 32.6 Å². The second-order valence-electron chi connectivity index (χ2n) is 4.24. The van der Waals surface area contributed by atoms with Crippen LogP contribution in [0.25, 0.3) is 0 Å². The van der Waals surface area contributed by atoms with Gasteiger partial charge >= 0.3 is 0 Å². The van der Waals surface area contributed by atoms with Crippen LogP contribution >= 0.6 is 0 Å². The predicted octanol–water partition coefficient (Wildman–Crippen LogP) is 0.238. The van der Waals surface area contributed by atoms with Crippen molar-refractivity contribution in [2.75, 3.05) is 0 Å². The third-order valence-corrected chi connectivity index (χ3v) is 3.03. The van der Waals surface area contributed by atoms with Gasteiger partial charge in [0.1, 0.15) is 0 Å². The van der Waals surface area contributed by atoms with Crippen LogP contribution in [0.1, 0.15) is 32.6 Å². The molecule has 0 amide bonds. The Labute approximate surface area is 67.1 Å². The zero-order chi connectivity index (χ0) is 8.06. The Hall–Kier alpha value is -0.120. The van der Waals surface area contributed by atoms with E-state index in [1.807, 2.05) is 11.9 Å². The quantitative estimate of drug-likeness (QED) is 0.494. The molecule has 2 unspecified atom stereocenters. The van der Waals surface area contributed by atoms with Crippen molar-refractivity contribution in [3.8, 4) is 0 Å². The van der Waals surface area contributed by atoms with E-state index in [1.54, 1.807) is 0 Å². The molecule has 2 heterocycles. The summed E-state index contributed by atoms with van der Waals surface area (Å²) in [6.07, 6.45) is 4.02. The SMILES string of the molecule is CC1(O)CC2CCC(C1)N2N. The number of nitrogens with two attached hydrogens (primary N) is 1. The molecule has 0 saturated carbocycles. The van der Waals surface area contributed by atoms with E-state index in [9.17, 15) is 5.11 Å². The number of piperidine rings is 1. The van der Waals surface area contributed by atoms with Crippen LogP contribution in [-0.2, 0) is 0 Å². The molecule has 0 radical (unpaired) electrons. The Morgan fingerprint density at radius 1 is 1.36 bits per heavy atom. The van der Waals surface area contributed by atoms with Gasteiger partial charge in [0.15, 0.2) is 0 Å². The second-order valence-corrected chi connectivity index (χ2v) is 4.24. The minimum Gasteiger partial charge on any atom is -0.390 e. The van der Waals surface area contributed by atoms with E-state index in [-0.39, 0.29) is 0 Å². The van der Waals surface area contributed by atoms with Crippen LogP contribution in [0.3, 0.4) is 0 Å². The lowest BCUT2D eigenvalue weighted by Crippen LogP contribution is -2.52. The van der Waals surface area contributed by atoms with Crippen molar-refractivity contribution >= 4 is 0 Å². The molecule has 2 bridgehead atoms. The Kier molecular flexibility index (Phi) is 1.50. The summed E-state index contributed by atoms with van der Waals surface area (Å²) in [6.45, 7) is 1.92. The molecule has 2 saturated heterocycles. The van der Waals surface area contributed by atoms with Gasteiger partial charge in [-0.25, -0.2) is 5.01 Å². The van der Waals surface area contributed by atoms with E-state index in [0.717, 1.165) is 25.7 Å². The highest BCUT2D eigenvalue weighted by atomic mass is 16.3. The largest absolute Gasteiger partial charge is 0.390 e. The Morgan fingerprint density at radius 2 is 1.82 bits per heavy atom. The highest BCUT2D eigenvalue weighted by Gasteiger charge is 2.43. The molecule has 0 aromatic heterocycles. The first-order valence-electron chi connectivity index (χ1n) is 4.34. The zero-order valence-corrected chi connectivity index (χ0v) is 6.95. The standard InChI is InChI=1S/C8H16N2O/c1-8(11)4-6-2-3-7(5-8)10(6)9/h6-7,11H,2-5,9H2,1H3. The van der Waals surface area contributed by atoms with E-state index in [4.69, 9.17) is 5.84 Å². The zero-order valence-electron chi connectivity index (χ0n) is 6.95. The van der Waals surface area contributed by atoms with E-state index in [1.165, 1.54) is 0 Å². The Bertz CT molecular complexity index is 153. The highest BCUT2D eigenvalue weighted by molar-refractivity contribution is 4.97. The summed E-state index contributed by atoms with van der Waals surface area (Å²) >= 11 is 0. The van der Waals surface area contributed by atoms with E-state index < -0.39 is 5.60 Å². The van der Waals surface area contributed by atoms with Crippen molar-refractivity contribution < 1.29 is 5.11 Å². The molecule has 3 heteroatoms. The van der Waals surface area contributed by atoms with E-state index in [0.29, 0.717) is 12.1 Å². The molecule has 3 N–H and O–H groups in total. The molecule has 0 aromatic carbocycles. The Morgan fingerprint density at radius 3 is 2.27 bits per heavy atom. The number of aliphatic hydroxyl groups is 1. The predicted molar refractivity (Wildman–Crippen MR) is 42.7 cm³/mol. The van der Waals surface area contributed by atoms with Gasteiger partial charge < -0.3 is 5.11 Å². The van der Waals surface area contributed by atoms with Crippen molar-refractivity contribution in [1.29, 1.82) is 0 Å². The van der Waals surface area contributed by atoms with Crippen LogP contribution < -0.4 is 5.84 Å². The van der Waals surface area contributed by atoms with Crippen molar-refractivity contribution in [3.63, 3.8) is 0 Å². The maximum absolute atomic E-state index is 9.79. The van der Waals surface area contributed by atoms with Gasteiger partial charge in [-0.3, -0.25) is 5.84 Å². The molecule has 0 spiro atoms. The fraction of sp³-hybridized carbons (Fsp3) is 1.00. The molecule has 2 rings (SSSR count). The van der Waals surface area contributed by atoms with Gasteiger partial charge in [-0.15, -0.1) is 0 Å². The summed E-state index contributed by atoms with van der Waals surface area (Å²) in [5, 5.41) is 11.7. The summed E-state index contributed by atoms with van der Waals surface area (Å²) in [5.74, 6) is 5.83. The van der Waals surface area contributed by atoms with E-state index >= 15 is 0 Å². The van der Waals surface area contributed by atoms with Gasteiger partial charge in [0.05, 0.1) is 5.60 Å². The molecule has 0 aromatic rings. The average molecular weight is 156 g/mol. The lowest BCUT2D eigenvalue weighted by Gasteiger charge is -2.39. The summed E-state index contributed by atoms with van der Waals surface area (Å²) < 4.78 is 0. The van der Waals surface area contributed by atoms with Crippen LogP contribution in [0.4, 0.5) is 0 Å². The monoisotopic (exact) mass is 156 g/mol. The first-order chi connectivity index (χ1) is 5.08. The molecule has 0 aliphatic carbocycles. The van der Waals surface area contributed by atoms with Crippen LogP contribution in [0, 0.1) is 0 Å². The van der Waals surface area contributed by atoms with Crippen molar-refractivity contribution in [2.45, 2.75) is 50.3 Å². The topological polar surface area (TPSA) is 49.5 Å². The minimum atomic E-state index is -0.457. The fourth-order valence-corrected chi connectivity index (χ4v) is 2.49. The molecule has 2 aliphatic rings. The van der Waals surface area contributed by atoms with Gasteiger partial charge in [0.25, 0.3) is 0 Å². The summed E-state index contributed by atoms with van der Waals surface area (Å²) in [4.78, 5) is 0. The molecular formula is C8H16N2O. The van der Waals surface area contributed by atoms with Gasteiger partial charge in [0.2, 0.25) is 0 Å². The molecule has 3 nitrogen and oxygen atoms in total. The maximum atomic E-state index is 9.79. The minimum absolute atomic E-state index is 0.434. The molecule has 11 heavy (non-hydrogen) atoms. The smallest absolute Gasteiger partial charge is 0.0650 e. The lowest BCUT2D eigenvalue weighted by molar-refractivity contribution is -0.0388. The number of nitrogens with zero attached hydrogens (tertiary/aromatic N) is 1. The summed E-state index contributed by atoms with van der Waals surface area (Å²) in [6, 6.07) is 0.868. The second kappa shape index (κ2) is 2.19. The van der Waals surface area contributed by atoms with Gasteiger partial charge in [-0.2, -0.15) is 0 Å². The first kappa shape index (κ1) is 7.53. The number of hydrogen-bond acceptors (Lipinski definition) is 3. The maximum Gasteiger partial charge on any atom is 0.0650 e. The molecule has 2 aliphatic heterocycles. The molecule has 2 atom stereocenters. The first-order valence-corrected chi connectivity index (χ1v) is 4.34. The number of hydrogen-bond donors (Lipinski definition) is 2. The number of hydrazine groups is 1. The molecule has 2 fully saturated rings.